The molecule has 0 saturated heterocycles. The summed E-state index contributed by atoms with van der Waals surface area (Å²) in [5, 5.41) is 19.2. The number of halogens is 3. The Morgan fingerprint density at radius 1 is 0.540 bits per heavy atom. The molecule has 5 aromatic carbocycles. The summed E-state index contributed by atoms with van der Waals surface area (Å²) in [7, 11) is -11.8. The Hall–Kier alpha value is -8.13. The van der Waals surface area contributed by atoms with Crippen LogP contribution in [-0.2, 0) is 39.7 Å². The fourth-order valence-electron chi connectivity index (χ4n) is 7.15. The van der Waals surface area contributed by atoms with Gasteiger partial charge in [-0.3, -0.25) is 30.0 Å². The van der Waals surface area contributed by atoms with Gasteiger partial charge in [-0.05, 0) is 129 Å². The Morgan fingerprint density at radius 3 is 1.26 bits per heavy atom. The van der Waals surface area contributed by atoms with Crippen LogP contribution < -0.4 is 31.3 Å². The first-order valence-electron chi connectivity index (χ1n) is 24.9. The number of benzene rings is 5. The predicted molar refractivity (Wildman–Crippen MR) is 336 cm³/mol. The lowest BCUT2D eigenvalue weighted by Crippen LogP contribution is -2.28. The number of fused-ring (bicyclic) bond motifs is 2. The summed E-state index contributed by atoms with van der Waals surface area (Å²) in [5.74, 6) is 5.05. The SMILES string of the molecule is CC(=O)NS(=O)(=O)c1ccc(Cl)c(-c2ccc(/C(C)=N/Nc3nc4ccccc4s3)o2)c1.CC(=O)NS(=O)(=O)c1ccc(Cl)c(-c2ccc(C(C)=O)o2)c1.CC(=O)c1ccc(-c2cc(S(N)(=O)=O)ccc2Cl)o1.CCO.NNc1nc2ccccc2s1. The van der Waals surface area contributed by atoms with Crippen LogP contribution in [0, 0.1) is 0 Å². The number of amides is 2. The average molecular weight is 1340 g/mol. The number of sulfonamides is 3. The van der Waals surface area contributed by atoms with Crippen molar-refractivity contribution in [3.63, 3.8) is 0 Å². The molecule has 31 heteroatoms. The highest BCUT2D eigenvalue weighted by Gasteiger charge is 2.22. The highest BCUT2D eigenvalue weighted by atomic mass is 35.5. The van der Waals surface area contributed by atoms with Crippen LogP contribution in [0.25, 0.3) is 54.4 Å². The van der Waals surface area contributed by atoms with E-state index in [0.29, 0.717) is 54.9 Å². The summed E-state index contributed by atoms with van der Waals surface area (Å²) >= 11 is 21.3. The second kappa shape index (κ2) is 30.0. The number of aliphatic hydroxyl groups excluding tert-OH is 1. The van der Waals surface area contributed by atoms with Gasteiger partial charge in [-0.15, -0.1) is 0 Å². The molecule has 0 fully saturated rings. The first-order chi connectivity index (χ1) is 41.0. The van der Waals surface area contributed by atoms with E-state index in [2.05, 4.69) is 25.9 Å². The summed E-state index contributed by atoms with van der Waals surface area (Å²) in [4.78, 5) is 52.9. The van der Waals surface area contributed by atoms with E-state index in [4.69, 9.17) is 64.1 Å². The molecule has 0 bridgehead atoms. The van der Waals surface area contributed by atoms with E-state index in [1.54, 1.807) is 43.4 Å². The van der Waals surface area contributed by atoms with Gasteiger partial charge in [0, 0.05) is 51.0 Å². The van der Waals surface area contributed by atoms with Crippen molar-refractivity contribution in [2.24, 2.45) is 16.1 Å². The van der Waals surface area contributed by atoms with Gasteiger partial charge in [-0.1, -0.05) is 81.7 Å². The van der Waals surface area contributed by atoms with E-state index in [0.717, 1.165) is 39.4 Å². The quantitative estimate of drug-likeness (QED) is 0.0230. The van der Waals surface area contributed by atoms with Crippen molar-refractivity contribution in [1.82, 2.24) is 19.4 Å². The molecule has 456 valence electrons. The first-order valence-corrected chi connectivity index (χ1v) is 32.2. The van der Waals surface area contributed by atoms with Gasteiger partial charge in [0.2, 0.25) is 27.0 Å². The third-order valence-electron chi connectivity index (χ3n) is 11.0. The van der Waals surface area contributed by atoms with Crippen molar-refractivity contribution in [3.8, 4) is 34.0 Å². The number of carbonyl (C=O) groups is 4. The number of primary sulfonamides is 1. The molecule has 10 rings (SSSR count). The average Bonchev–Trinajstić information content (AvgIpc) is 2.00. The molecule has 23 nitrogen and oxygen atoms in total. The van der Waals surface area contributed by atoms with Gasteiger partial charge in [-0.25, -0.2) is 55.6 Å². The molecular weight excluding hydrogens is 1290 g/mol. The Kier molecular flexibility index (Phi) is 23.4. The van der Waals surface area contributed by atoms with Crippen LogP contribution in [0.2, 0.25) is 15.1 Å². The maximum absolute atomic E-state index is 12.3. The Balaban J connectivity index is 0.000000193. The number of aromatic nitrogens is 2. The van der Waals surface area contributed by atoms with Gasteiger partial charge >= 0.3 is 0 Å². The van der Waals surface area contributed by atoms with Crippen LogP contribution in [0.4, 0.5) is 10.3 Å². The van der Waals surface area contributed by atoms with E-state index in [1.165, 1.54) is 98.0 Å². The molecule has 10 aromatic rings. The molecule has 5 aromatic heterocycles. The smallest absolute Gasteiger partial charge is 0.264 e. The summed E-state index contributed by atoms with van der Waals surface area (Å²) in [6, 6.07) is 37.2. The summed E-state index contributed by atoms with van der Waals surface area (Å²) in [6.45, 7) is 8.63. The highest BCUT2D eigenvalue weighted by molar-refractivity contribution is 7.90. The van der Waals surface area contributed by atoms with Gasteiger partial charge in [0.15, 0.2) is 34.0 Å². The maximum Gasteiger partial charge on any atom is 0.264 e. The molecule has 0 spiro atoms. The van der Waals surface area contributed by atoms with Crippen molar-refractivity contribution in [2.75, 3.05) is 17.5 Å². The van der Waals surface area contributed by atoms with Crippen molar-refractivity contribution in [3.05, 3.63) is 172 Å². The van der Waals surface area contributed by atoms with Gasteiger partial charge in [0.05, 0.1) is 50.2 Å². The Bertz CT molecular complexity index is 4470. The van der Waals surface area contributed by atoms with Crippen molar-refractivity contribution >= 4 is 147 Å². The highest BCUT2D eigenvalue weighted by Crippen LogP contribution is 2.35. The molecule has 5 heterocycles. The minimum Gasteiger partial charge on any atom is -0.455 e. The Labute approximate surface area is 521 Å². The largest absolute Gasteiger partial charge is 0.455 e. The van der Waals surface area contributed by atoms with Crippen LogP contribution in [0.3, 0.4) is 0 Å². The lowest BCUT2D eigenvalue weighted by Gasteiger charge is -2.07. The molecule has 0 unspecified atom stereocenters. The maximum atomic E-state index is 12.3. The predicted octanol–water partition coefficient (Wildman–Crippen LogP) is 11.5. The standard InChI is InChI=1S/C21H17ClN4O4S2.C14H12ClNO5S.C12H10ClNO4S.C7H7N3S.C2H6O/c1-12(24-25-21-23-17-5-3-4-6-20(17)31-21)18-9-10-19(30-18)15-11-14(7-8-16(15)22)32(28,29)26-13(2)27;1-8(17)13-5-6-14(21-13)11-7-10(3-4-12(11)15)22(19,20)16-9(2)18;1-7(15)11-4-5-12(18-11)9-6-8(19(14,16)17)2-3-10(9)13;8-10-7-9-5-3-1-2-4-6(5)11-7;1-2-3/h3-11H,1-2H3,(H,23,25)(H,26,27);3-7H,1-2H3,(H,16,18);2-6H,1H3,(H2,14,16,17);1-4H,8H2,(H,9,10);3H,2H2,1H3/b24-12+;;;;. The molecule has 87 heavy (non-hydrogen) atoms. The number of thiazole rings is 2. The Morgan fingerprint density at radius 2 is 0.897 bits per heavy atom. The fourth-order valence-corrected chi connectivity index (χ4v) is 11.9. The fraction of sp³-hybridized carbons (Fsp3) is 0.125. The number of hydrogen-bond donors (Lipinski definition) is 7. The number of anilines is 2. The van der Waals surface area contributed by atoms with Gasteiger partial charge in [0.25, 0.3) is 20.0 Å². The number of nitrogen functional groups attached to an aromatic ring is 1. The lowest BCUT2D eigenvalue weighted by molar-refractivity contribution is -0.118. The van der Waals surface area contributed by atoms with Gasteiger partial charge in [-0.2, -0.15) is 5.10 Å². The second-order valence-electron chi connectivity index (χ2n) is 17.6. The summed E-state index contributed by atoms with van der Waals surface area (Å²) < 4.78 is 93.7. The van der Waals surface area contributed by atoms with E-state index < -0.39 is 41.9 Å². The number of nitrogens with two attached hydrogens (primary N) is 2. The third-order valence-corrected chi connectivity index (χ3v) is 17.7. The number of aliphatic hydroxyl groups is 1. The summed E-state index contributed by atoms with van der Waals surface area (Å²) in [6.07, 6.45) is 0. The van der Waals surface area contributed by atoms with Crippen LogP contribution in [0.1, 0.15) is 68.4 Å². The van der Waals surface area contributed by atoms with Crippen molar-refractivity contribution < 1.29 is 62.8 Å². The monoisotopic (exact) mass is 1340 g/mol. The zero-order chi connectivity index (χ0) is 64.0. The number of hydrogen-bond acceptors (Lipinski definition) is 22. The van der Waals surface area contributed by atoms with Gasteiger partial charge in [0.1, 0.15) is 23.0 Å². The molecule has 0 aliphatic rings. The van der Waals surface area contributed by atoms with Crippen LogP contribution >= 0.6 is 57.5 Å². The number of furan rings is 3. The molecule has 0 atom stereocenters. The number of Topliss-reactive ketones (excluding diaryl/α,β-unsaturated/α-hetero) is 2. The number of nitrogens with zero attached hydrogens (tertiary/aromatic N) is 3. The van der Waals surface area contributed by atoms with E-state index in [1.807, 2.05) is 58.0 Å². The minimum absolute atomic E-state index is 0.0762. The minimum atomic E-state index is -4.01. The lowest BCUT2D eigenvalue weighted by atomic mass is 10.2. The molecule has 2 amide bonds. The third kappa shape index (κ3) is 18.7. The number of hydrazone groups is 1. The number of nitrogens with one attached hydrogen (secondary N) is 4. The molecule has 0 aliphatic heterocycles. The van der Waals surface area contributed by atoms with Crippen molar-refractivity contribution in [2.45, 2.75) is 56.2 Å². The van der Waals surface area contributed by atoms with E-state index in [-0.39, 0.29) is 55.2 Å². The van der Waals surface area contributed by atoms with Gasteiger partial charge < -0.3 is 18.4 Å². The molecule has 0 radical (unpaired) electrons. The van der Waals surface area contributed by atoms with E-state index >= 15 is 0 Å². The number of hydrazine groups is 1. The topological polar surface area (TPSA) is 369 Å². The van der Waals surface area contributed by atoms with Crippen LogP contribution in [0.15, 0.2) is 173 Å². The normalized spacial score (nSPS) is 11.3. The number of para-hydroxylation sites is 2. The molecule has 9 N–H and O–H groups in total. The first kappa shape index (κ1) is 68.0. The van der Waals surface area contributed by atoms with Crippen LogP contribution in [-0.4, -0.2) is 76.0 Å². The molecular formula is C56H52Cl3N9O14S5. The number of ketones is 2. The number of rotatable bonds is 14. The molecule has 0 saturated carbocycles. The zero-order valence-electron chi connectivity index (χ0n) is 46.4. The number of carbonyl (C=O) groups excluding carboxylic acids is 4. The van der Waals surface area contributed by atoms with Crippen LogP contribution in [0.5, 0.6) is 0 Å². The second-order valence-corrected chi connectivity index (χ2v) is 25.8. The zero-order valence-corrected chi connectivity index (χ0v) is 52.8. The summed E-state index contributed by atoms with van der Waals surface area (Å²) in [5.41, 5.74) is 8.93. The molecule has 0 aliphatic carbocycles. The van der Waals surface area contributed by atoms with E-state index in [9.17, 15) is 44.4 Å². The van der Waals surface area contributed by atoms with Crippen molar-refractivity contribution in [1.29, 1.82) is 0 Å².